The summed E-state index contributed by atoms with van der Waals surface area (Å²) in [4.78, 5) is 75.5. The second kappa shape index (κ2) is 6.98. The van der Waals surface area contributed by atoms with Crippen LogP contribution < -0.4 is 0 Å². The van der Waals surface area contributed by atoms with Crippen LogP contribution in [0.1, 0.15) is 41.0 Å². The third-order valence-corrected chi connectivity index (χ3v) is 5.39. The summed E-state index contributed by atoms with van der Waals surface area (Å²) >= 11 is 0. The lowest BCUT2D eigenvalue weighted by Crippen LogP contribution is -2.50. The fraction of sp³-hybridized carbons (Fsp3) is 0.273. The minimum atomic E-state index is -1.21. The summed E-state index contributed by atoms with van der Waals surface area (Å²) in [6.07, 6.45) is -0.0443. The van der Waals surface area contributed by atoms with Gasteiger partial charge in [0, 0.05) is 37.3 Å². The van der Waals surface area contributed by atoms with Gasteiger partial charge in [0.15, 0.2) is 23.1 Å². The zero-order valence-corrected chi connectivity index (χ0v) is 16.1. The van der Waals surface area contributed by atoms with Crippen molar-refractivity contribution in [2.45, 2.75) is 26.4 Å². The van der Waals surface area contributed by atoms with Crippen LogP contribution in [0.2, 0.25) is 0 Å². The van der Waals surface area contributed by atoms with Crippen LogP contribution in [0.3, 0.4) is 0 Å². The molecule has 3 unspecified atom stereocenters. The van der Waals surface area contributed by atoms with E-state index in [1.807, 2.05) is 0 Å². The van der Waals surface area contributed by atoms with E-state index in [9.17, 15) is 28.8 Å². The molecule has 8 nitrogen and oxygen atoms in total. The Bertz CT molecular complexity index is 1120. The Labute approximate surface area is 170 Å². The Morgan fingerprint density at radius 3 is 1.97 bits per heavy atom. The summed E-state index contributed by atoms with van der Waals surface area (Å²) in [6.45, 7) is 2.30. The molecule has 0 bridgehead atoms. The van der Waals surface area contributed by atoms with Crippen LogP contribution in [0.25, 0.3) is 0 Å². The van der Waals surface area contributed by atoms with Crippen molar-refractivity contribution in [2.75, 3.05) is 0 Å². The highest BCUT2D eigenvalue weighted by Gasteiger charge is 2.54. The van der Waals surface area contributed by atoms with Gasteiger partial charge in [-0.1, -0.05) is 24.3 Å². The van der Waals surface area contributed by atoms with E-state index in [1.54, 1.807) is 12.1 Å². The minimum absolute atomic E-state index is 0.0526. The fourth-order valence-corrected chi connectivity index (χ4v) is 4.27. The number of allylic oxidation sites excluding steroid dienone is 3. The van der Waals surface area contributed by atoms with Gasteiger partial charge in [0.1, 0.15) is 11.9 Å². The summed E-state index contributed by atoms with van der Waals surface area (Å²) in [6, 6.07) is 5.97. The van der Waals surface area contributed by atoms with Gasteiger partial charge in [-0.3, -0.25) is 28.8 Å². The van der Waals surface area contributed by atoms with Gasteiger partial charge in [-0.05, 0) is 6.08 Å². The molecule has 0 N–H and O–H groups in total. The summed E-state index contributed by atoms with van der Waals surface area (Å²) in [5, 5.41) is 0. The first kappa shape index (κ1) is 19.6. The highest BCUT2D eigenvalue weighted by molar-refractivity contribution is 6.45. The molecular formula is C22H16O8. The average molecular weight is 408 g/mol. The lowest BCUT2D eigenvalue weighted by atomic mass is 9.64. The van der Waals surface area contributed by atoms with E-state index in [-0.39, 0.29) is 23.3 Å². The Balaban J connectivity index is 1.84. The number of fused-ring (bicyclic) bond motifs is 2. The first-order valence-corrected chi connectivity index (χ1v) is 9.28. The van der Waals surface area contributed by atoms with Crippen molar-refractivity contribution in [3.8, 4) is 0 Å². The van der Waals surface area contributed by atoms with Gasteiger partial charge in [0.05, 0.1) is 17.1 Å². The molecule has 0 radical (unpaired) electrons. The zero-order valence-electron chi connectivity index (χ0n) is 16.1. The molecule has 3 atom stereocenters. The van der Waals surface area contributed by atoms with Crippen molar-refractivity contribution in [1.82, 2.24) is 0 Å². The molecule has 0 aliphatic heterocycles. The highest BCUT2D eigenvalue weighted by atomic mass is 16.6. The first-order chi connectivity index (χ1) is 14.2. The van der Waals surface area contributed by atoms with Gasteiger partial charge in [-0.2, -0.15) is 0 Å². The third-order valence-electron chi connectivity index (χ3n) is 5.39. The number of rotatable bonds is 2. The smallest absolute Gasteiger partial charge is 0.307 e. The van der Waals surface area contributed by atoms with Crippen LogP contribution in [0.5, 0.6) is 0 Å². The molecule has 4 rings (SSSR count). The van der Waals surface area contributed by atoms with Crippen LogP contribution in [0.4, 0.5) is 0 Å². The molecule has 1 aromatic carbocycles. The monoisotopic (exact) mass is 408 g/mol. The Hall–Kier alpha value is -3.68. The SMILES string of the molecule is CC(=O)OC1=CC(OC(C)=O)C2C(=O)C3=C(C(=O)c4ccccc4C3=O)C(=O)C2C1. The van der Waals surface area contributed by atoms with Crippen LogP contribution in [-0.4, -0.2) is 41.2 Å². The number of ether oxygens (including phenoxy) is 2. The van der Waals surface area contributed by atoms with Crippen LogP contribution >= 0.6 is 0 Å². The molecule has 0 spiro atoms. The molecule has 30 heavy (non-hydrogen) atoms. The number of Topliss-reactive ketones (excluding diaryl/α,β-unsaturated/α-hetero) is 4. The lowest BCUT2D eigenvalue weighted by Gasteiger charge is -2.38. The maximum atomic E-state index is 13.3. The molecule has 152 valence electrons. The molecule has 0 aromatic heterocycles. The number of esters is 2. The number of carbonyl (C=O) groups is 6. The predicted octanol–water partition coefficient (Wildman–Crippen LogP) is 1.53. The van der Waals surface area contributed by atoms with Gasteiger partial charge in [-0.25, -0.2) is 0 Å². The van der Waals surface area contributed by atoms with Crippen molar-refractivity contribution >= 4 is 35.1 Å². The molecule has 1 aromatic rings. The van der Waals surface area contributed by atoms with E-state index in [4.69, 9.17) is 9.47 Å². The van der Waals surface area contributed by atoms with Crippen molar-refractivity contribution in [3.05, 3.63) is 58.4 Å². The maximum Gasteiger partial charge on any atom is 0.307 e. The number of carbonyl (C=O) groups excluding carboxylic acids is 6. The van der Waals surface area contributed by atoms with Crippen LogP contribution in [0, 0.1) is 11.8 Å². The summed E-state index contributed by atoms with van der Waals surface area (Å²) in [5.41, 5.74) is -0.803. The van der Waals surface area contributed by atoms with Crippen LogP contribution in [-0.2, 0) is 28.7 Å². The molecule has 3 aliphatic carbocycles. The fourth-order valence-electron chi connectivity index (χ4n) is 4.27. The molecule has 8 heteroatoms. The summed E-state index contributed by atoms with van der Waals surface area (Å²) in [5.74, 6) is -6.38. The number of hydrogen-bond acceptors (Lipinski definition) is 8. The molecule has 0 fully saturated rings. The van der Waals surface area contributed by atoms with E-state index in [2.05, 4.69) is 0 Å². The van der Waals surface area contributed by atoms with E-state index in [0.29, 0.717) is 0 Å². The second-order valence-corrected chi connectivity index (χ2v) is 7.32. The minimum Gasteiger partial charge on any atom is -0.457 e. The third kappa shape index (κ3) is 2.92. The lowest BCUT2D eigenvalue weighted by molar-refractivity contribution is -0.152. The predicted molar refractivity (Wildman–Crippen MR) is 99.1 cm³/mol. The van der Waals surface area contributed by atoms with Crippen molar-refractivity contribution in [2.24, 2.45) is 11.8 Å². The second-order valence-electron chi connectivity index (χ2n) is 7.32. The van der Waals surface area contributed by atoms with E-state index in [0.717, 1.165) is 6.92 Å². The zero-order chi connectivity index (χ0) is 21.7. The topological polar surface area (TPSA) is 121 Å². The standard InChI is InChI=1S/C22H16O8/c1-9(23)29-11-7-14-16(15(8-11)30-10(2)24)22(28)18-17(21(14)27)19(25)12-5-3-4-6-13(12)20(18)26/h3-6,8,14-16H,7H2,1-2H3. The normalized spacial score (nSPS) is 25.1. The molecule has 0 amide bonds. The molecular weight excluding hydrogens is 392 g/mol. The quantitative estimate of drug-likeness (QED) is 0.534. The number of benzene rings is 1. The van der Waals surface area contributed by atoms with Gasteiger partial charge in [0.2, 0.25) is 0 Å². The van der Waals surface area contributed by atoms with E-state index in [1.165, 1.54) is 25.1 Å². The first-order valence-electron chi connectivity index (χ1n) is 9.28. The van der Waals surface area contributed by atoms with Crippen LogP contribution in [0.15, 0.2) is 47.2 Å². The van der Waals surface area contributed by atoms with Gasteiger partial charge >= 0.3 is 11.9 Å². The largest absolute Gasteiger partial charge is 0.457 e. The summed E-state index contributed by atoms with van der Waals surface area (Å²) in [7, 11) is 0. The van der Waals surface area contributed by atoms with Gasteiger partial charge in [-0.15, -0.1) is 0 Å². The number of hydrogen-bond donors (Lipinski definition) is 0. The Morgan fingerprint density at radius 2 is 1.43 bits per heavy atom. The van der Waals surface area contributed by atoms with Crippen molar-refractivity contribution in [1.29, 1.82) is 0 Å². The van der Waals surface area contributed by atoms with E-state index < -0.39 is 64.2 Å². The highest BCUT2D eigenvalue weighted by Crippen LogP contribution is 2.43. The Morgan fingerprint density at radius 1 is 0.867 bits per heavy atom. The van der Waals surface area contributed by atoms with Crippen molar-refractivity contribution < 1.29 is 38.2 Å². The molecule has 3 aliphatic rings. The maximum absolute atomic E-state index is 13.3. The molecule has 0 saturated heterocycles. The Kier molecular flexibility index (Phi) is 4.57. The van der Waals surface area contributed by atoms with Gasteiger partial charge < -0.3 is 9.47 Å². The van der Waals surface area contributed by atoms with Gasteiger partial charge in [0.25, 0.3) is 0 Å². The molecule has 0 heterocycles. The number of ketones is 4. The van der Waals surface area contributed by atoms with E-state index >= 15 is 0 Å². The molecule has 0 saturated carbocycles. The van der Waals surface area contributed by atoms with Crippen molar-refractivity contribution in [3.63, 3.8) is 0 Å². The average Bonchev–Trinajstić information content (AvgIpc) is 2.67. The summed E-state index contributed by atoms with van der Waals surface area (Å²) < 4.78 is 10.3.